The minimum absolute atomic E-state index is 0.0268. The zero-order valence-corrected chi connectivity index (χ0v) is 32.6. The molecule has 0 aliphatic heterocycles. The summed E-state index contributed by atoms with van der Waals surface area (Å²) in [4.78, 5) is 39.2. The molecule has 1 amide bonds. The van der Waals surface area contributed by atoms with E-state index < -0.39 is 0 Å². The molecule has 272 valence electrons. The average Bonchev–Trinajstić information content (AvgIpc) is 3.03. The number of rotatable bonds is 35. The van der Waals surface area contributed by atoms with Crippen molar-refractivity contribution in [3.05, 3.63) is 0 Å². The summed E-state index contributed by atoms with van der Waals surface area (Å²) in [6.45, 7) is 6.49. The highest BCUT2D eigenvalue weighted by Crippen LogP contribution is 2.14. The van der Waals surface area contributed by atoms with Gasteiger partial charge in [-0.25, -0.2) is 0 Å². The molecule has 0 bridgehead atoms. The van der Waals surface area contributed by atoms with Gasteiger partial charge in [-0.15, -0.1) is 0 Å². The lowest BCUT2D eigenvalue weighted by atomic mass is 10.1. The molecule has 0 N–H and O–H groups in total. The molecule has 0 aromatic rings. The van der Waals surface area contributed by atoms with Crippen molar-refractivity contribution in [3.63, 3.8) is 0 Å². The Balaban J connectivity index is 4.15. The fourth-order valence-electron chi connectivity index (χ4n) is 5.68. The minimum atomic E-state index is -0.188. The third-order valence-corrected chi connectivity index (χ3v) is 9.16. The minimum Gasteiger partial charge on any atom is -0.464 e. The number of hydrogen-bond donors (Lipinski definition) is 0. The van der Waals surface area contributed by atoms with Crippen LogP contribution in [0.3, 0.4) is 0 Å². The number of nitrogens with zero attached hydrogens (tertiary/aromatic N) is 2. The highest BCUT2D eigenvalue weighted by molar-refractivity contribution is 14.1. The summed E-state index contributed by atoms with van der Waals surface area (Å²) in [7, 11) is 2.02. The van der Waals surface area contributed by atoms with Gasteiger partial charge in [0.05, 0.1) is 13.1 Å². The van der Waals surface area contributed by atoms with Crippen LogP contribution in [0.5, 0.6) is 0 Å². The van der Waals surface area contributed by atoms with Gasteiger partial charge in [-0.1, -0.05) is 142 Å². The van der Waals surface area contributed by atoms with Crippen LogP contribution < -0.4 is 0 Å². The smallest absolute Gasteiger partial charge is 0.305 e. The quantitative estimate of drug-likeness (QED) is 0.0277. The van der Waals surface area contributed by atoms with E-state index in [-0.39, 0.29) is 31.1 Å². The van der Waals surface area contributed by atoms with Crippen LogP contribution >= 0.6 is 22.9 Å². The second kappa shape index (κ2) is 35.4. The molecule has 0 radical (unpaired) electrons. The van der Waals surface area contributed by atoms with Crippen LogP contribution in [-0.4, -0.2) is 65.8 Å². The topological polar surface area (TPSA) is 76.1 Å². The molecule has 0 heterocycles. The summed E-state index contributed by atoms with van der Waals surface area (Å²) in [6.07, 6.45) is 30.5. The second-order valence-electron chi connectivity index (χ2n) is 13.2. The van der Waals surface area contributed by atoms with Crippen molar-refractivity contribution < 1.29 is 23.9 Å². The molecule has 0 aromatic carbocycles. The summed E-state index contributed by atoms with van der Waals surface area (Å²) in [6, 6.07) is 0. The number of hydrogen-bond acceptors (Lipinski definition) is 6. The monoisotopic (exact) mass is 764 g/mol. The third-order valence-electron chi connectivity index (χ3n) is 8.68. The normalized spacial score (nSPS) is 11.2. The molecule has 0 aromatic heterocycles. The Morgan fingerprint density at radius 3 is 1.13 bits per heavy atom. The lowest BCUT2D eigenvalue weighted by Crippen LogP contribution is -2.37. The fraction of sp³-hybridized carbons (Fsp3) is 0.921. The van der Waals surface area contributed by atoms with E-state index >= 15 is 0 Å². The van der Waals surface area contributed by atoms with Gasteiger partial charge < -0.3 is 14.4 Å². The molecule has 0 saturated heterocycles. The maximum absolute atomic E-state index is 12.9. The molecule has 7 nitrogen and oxygen atoms in total. The first kappa shape index (κ1) is 45.1. The number of ether oxygens (including phenoxy) is 2. The summed E-state index contributed by atoms with van der Waals surface area (Å²) >= 11 is 2.25. The molecular weight excluding hydrogens is 691 g/mol. The predicted octanol–water partition coefficient (Wildman–Crippen LogP) is 10.8. The van der Waals surface area contributed by atoms with Gasteiger partial charge in [0.15, 0.2) is 0 Å². The fourth-order valence-corrected chi connectivity index (χ4v) is 6.02. The van der Waals surface area contributed by atoms with Gasteiger partial charge in [-0.05, 0) is 32.7 Å². The second-order valence-corrected chi connectivity index (χ2v) is 14.8. The average molecular weight is 765 g/mol. The largest absolute Gasteiger partial charge is 0.464 e. The maximum atomic E-state index is 12.9. The number of carbonyl (C=O) groups is 3. The van der Waals surface area contributed by atoms with E-state index in [9.17, 15) is 14.4 Å². The van der Waals surface area contributed by atoms with Crippen molar-refractivity contribution in [1.82, 2.24) is 8.01 Å². The molecule has 46 heavy (non-hydrogen) atoms. The Morgan fingerprint density at radius 1 is 0.457 bits per heavy atom. The van der Waals surface area contributed by atoms with Crippen LogP contribution in [-0.2, 0) is 23.9 Å². The van der Waals surface area contributed by atoms with Crippen LogP contribution in [0.1, 0.15) is 187 Å². The van der Waals surface area contributed by atoms with Crippen LogP contribution in [0.25, 0.3) is 0 Å². The van der Waals surface area contributed by atoms with E-state index in [0.717, 1.165) is 45.1 Å². The van der Waals surface area contributed by atoms with Gasteiger partial charge >= 0.3 is 11.9 Å². The standard InChI is InChI=1S/C38H73IN2O5/c1-4-6-8-10-12-14-16-18-20-22-24-29-37(43)45-34-32-41(36(42)28-26-27-31-40(3)39)33-35-46-38(44)30-25-23-21-19-17-15-13-11-9-7-5-2/h4-35H2,1-3H3. The van der Waals surface area contributed by atoms with Crippen LogP contribution in [0.15, 0.2) is 0 Å². The van der Waals surface area contributed by atoms with Gasteiger partial charge in [0.25, 0.3) is 0 Å². The number of esters is 2. The Labute approximate surface area is 298 Å². The van der Waals surface area contributed by atoms with Crippen LogP contribution in [0, 0.1) is 0 Å². The molecule has 0 rings (SSSR count). The first-order chi connectivity index (χ1) is 22.4. The van der Waals surface area contributed by atoms with Crippen LogP contribution in [0.2, 0.25) is 0 Å². The molecule has 0 aliphatic carbocycles. The Hall–Kier alpha value is -0.900. The highest BCUT2D eigenvalue weighted by atomic mass is 127. The van der Waals surface area contributed by atoms with Gasteiger partial charge in [-0.2, -0.15) is 0 Å². The summed E-state index contributed by atoms with van der Waals surface area (Å²) in [5, 5.41) is 0. The molecule has 0 atom stereocenters. The Morgan fingerprint density at radius 2 is 0.783 bits per heavy atom. The predicted molar refractivity (Wildman–Crippen MR) is 201 cm³/mol. The SMILES string of the molecule is CCCCCCCCCCCCCC(=O)OCCN(CCOC(=O)CCCCCCCCCCCCC)C(=O)CCCCN(C)I. The maximum Gasteiger partial charge on any atom is 0.305 e. The van der Waals surface area contributed by atoms with Gasteiger partial charge in [0, 0.05) is 48.7 Å². The lowest BCUT2D eigenvalue weighted by Gasteiger charge is -2.22. The van der Waals surface area contributed by atoms with E-state index in [1.165, 1.54) is 116 Å². The van der Waals surface area contributed by atoms with E-state index in [0.29, 0.717) is 32.4 Å². The molecular formula is C38H73IN2O5. The zero-order valence-electron chi connectivity index (χ0n) is 30.4. The van der Waals surface area contributed by atoms with E-state index in [2.05, 4.69) is 39.8 Å². The highest BCUT2D eigenvalue weighted by Gasteiger charge is 2.15. The van der Waals surface area contributed by atoms with Crippen molar-refractivity contribution in [2.45, 2.75) is 187 Å². The third kappa shape index (κ3) is 33.0. The Bertz CT molecular complexity index is 663. The molecule has 8 heteroatoms. The summed E-state index contributed by atoms with van der Waals surface area (Å²) in [5.74, 6) is -0.349. The van der Waals surface area contributed by atoms with Crippen molar-refractivity contribution >= 4 is 40.7 Å². The van der Waals surface area contributed by atoms with Crippen molar-refractivity contribution in [3.8, 4) is 0 Å². The van der Waals surface area contributed by atoms with E-state index in [1.54, 1.807) is 4.90 Å². The molecule has 0 aliphatic rings. The van der Waals surface area contributed by atoms with Crippen molar-refractivity contribution in [2.75, 3.05) is 39.9 Å². The van der Waals surface area contributed by atoms with E-state index in [4.69, 9.17) is 9.47 Å². The molecule has 0 saturated carbocycles. The number of unbranched alkanes of at least 4 members (excludes halogenated alkanes) is 21. The molecule has 0 unspecified atom stereocenters. The van der Waals surface area contributed by atoms with Gasteiger partial charge in [0.1, 0.15) is 13.2 Å². The molecule has 0 spiro atoms. The van der Waals surface area contributed by atoms with E-state index in [1.807, 2.05) is 7.05 Å². The van der Waals surface area contributed by atoms with Gasteiger partial charge in [-0.3, -0.25) is 17.5 Å². The first-order valence-electron chi connectivity index (χ1n) is 19.4. The molecule has 0 fully saturated rings. The summed E-state index contributed by atoms with van der Waals surface area (Å²) in [5.41, 5.74) is 0. The lowest BCUT2D eigenvalue weighted by molar-refractivity contribution is -0.147. The van der Waals surface area contributed by atoms with Crippen molar-refractivity contribution in [1.29, 1.82) is 0 Å². The zero-order chi connectivity index (χ0) is 33.9. The van der Waals surface area contributed by atoms with Gasteiger partial charge in [0.2, 0.25) is 5.91 Å². The van der Waals surface area contributed by atoms with Crippen molar-refractivity contribution in [2.24, 2.45) is 0 Å². The summed E-state index contributed by atoms with van der Waals surface area (Å²) < 4.78 is 13.0. The van der Waals surface area contributed by atoms with Crippen LogP contribution in [0.4, 0.5) is 0 Å². The number of carbonyl (C=O) groups excluding carboxylic acids is 3. The Kier molecular flexibility index (Phi) is 34.7. The first-order valence-corrected chi connectivity index (χ1v) is 20.3. The number of amides is 1. The number of halogens is 1.